The Balaban J connectivity index is 2.30. The van der Waals surface area contributed by atoms with E-state index in [2.05, 4.69) is 5.32 Å². The van der Waals surface area contributed by atoms with E-state index in [9.17, 15) is 9.90 Å². The number of carbonyl (C=O) groups excluding carboxylic acids is 1. The highest BCUT2D eigenvalue weighted by Crippen LogP contribution is 2.18. The van der Waals surface area contributed by atoms with Crippen molar-refractivity contribution in [2.75, 3.05) is 13.7 Å². The van der Waals surface area contributed by atoms with Crippen molar-refractivity contribution in [2.24, 2.45) is 5.73 Å². The monoisotopic (exact) mass is 216 g/mol. The van der Waals surface area contributed by atoms with E-state index in [0.717, 1.165) is 19.3 Å². The number of hydrogen-bond donors (Lipinski definition) is 3. The van der Waals surface area contributed by atoms with Gasteiger partial charge in [0.05, 0.1) is 12.7 Å². The molecule has 5 nitrogen and oxygen atoms in total. The second-order valence-electron chi connectivity index (χ2n) is 4.09. The first-order valence-corrected chi connectivity index (χ1v) is 5.36. The molecule has 0 aliphatic heterocycles. The summed E-state index contributed by atoms with van der Waals surface area (Å²) in [6.07, 6.45) is 3.04. The molecule has 1 rings (SSSR count). The largest absolute Gasteiger partial charge is 0.393 e. The Bertz CT molecular complexity index is 211. The van der Waals surface area contributed by atoms with Crippen molar-refractivity contribution in [3.05, 3.63) is 0 Å². The summed E-state index contributed by atoms with van der Waals surface area (Å²) < 4.78 is 4.80. The molecule has 0 heterocycles. The predicted octanol–water partition coefficient (Wildman–Crippen LogP) is -0.620. The molecule has 88 valence electrons. The third-order valence-corrected chi connectivity index (χ3v) is 2.68. The normalized spacial score (nSPS) is 28.5. The van der Waals surface area contributed by atoms with E-state index >= 15 is 0 Å². The van der Waals surface area contributed by atoms with Gasteiger partial charge in [-0.1, -0.05) is 0 Å². The summed E-state index contributed by atoms with van der Waals surface area (Å²) in [5.41, 5.74) is 5.58. The Morgan fingerprint density at radius 2 is 2.40 bits per heavy atom. The number of nitrogens with two attached hydrogens (primary N) is 1. The zero-order chi connectivity index (χ0) is 11.3. The van der Waals surface area contributed by atoms with Gasteiger partial charge in [0.1, 0.15) is 6.04 Å². The number of methoxy groups -OCH3 is 1. The molecule has 3 atom stereocenters. The van der Waals surface area contributed by atoms with Crippen molar-refractivity contribution in [2.45, 2.75) is 43.9 Å². The number of nitrogens with one attached hydrogen (secondary N) is 1. The summed E-state index contributed by atoms with van der Waals surface area (Å²) in [5, 5.41) is 12.3. The number of rotatable bonds is 4. The molecule has 1 saturated carbocycles. The van der Waals surface area contributed by atoms with Crippen LogP contribution in [0.15, 0.2) is 0 Å². The highest BCUT2D eigenvalue weighted by Gasteiger charge is 2.23. The molecule has 0 radical (unpaired) electrons. The van der Waals surface area contributed by atoms with E-state index < -0.39 is 6.04 Å². The van der Waals surface area contributed by atoms with Crippen molar-refractivity contribution in [1.29, 1.82) is 0 Å². The van der Waals surface area contributed by atoms with E-state index in [1.807, 2.05) is 0 Å². The molecule has 0 aromatic rings. The Morgan fingerprint density at radius 3 is 3.00 bits per heavy atom. The van der Waals surface area contributed by atoms with Gasteiger partial charge in [-0.3, -0.25) is 4.79 Å². The van der Waals surface area contributed by atoms with Gasteiger partial charge in [0, 0.05) is 13.2 Å². The summed E-state index contributed by atoms with van der Waals surface area (Å²) in [7, 11) is 1.51. The van der Waals surface area contributed by atoms with Gasteiger partial charge in [0.2, 0.25) is 5.91 Å². The lowest BCUT2D eigenvalue weighted by Crippen LogP contribution is -2.49. The van der Waals surface area contributed by atoms with Crippen LogP contribution in [0.4, 0.5) is 0 Å². The van der Waals surface area contributed by atoms with Gasteiger partial charge < -0.3 is 20.9 Å². The van der Waals surface area contributed by atoms with Crippen LogP contribution in [0.5, 0.6) is 0 Å². The predicted molar refractivity (Wildman–Crippen MR) is 56.3 cm³/mol. The number of carbonyl (C=O) groups is 1. The van der Waals surface area contributed by atoms with Crippen molar-refractivity contribution in [3.63, 3.8) is 0 Å². The van der Waals surface area contributed by atoms with Gasteiger partial charge in [-0.05, 0) is 25.7 Å². The summed E-state index contributed by atoms with van der Waals surface area (Å²) in [4.78, 5) is 11.5. The van der Waals surface area contributed by atoms with Gasteiger partial charge in [0.15, 0.2) is 0 Å². The Labute approximate surface area is 90.0 Å². The first-order valence-electron chi connectivity index (χ1n) is 5.36. The zero-order valence-corrected chi connectivity index (χ0v) is 9.11. The van der Waals surface area contributed by atoms with Crippen LogP contribution in [0.25, 0.3) is 0 Å². The van der Waals surface area contributed by atoms with Crippen LogP contribution in [0.2, 0.25) is 0 Å². The van der Waals surface area contributed by atoms with Crippen molar-refractivity contribution in [3.8, 4) is 0 Å². The van der Waals surface area contributed by atoms with E-state index in [0.29, 0.717) is 6.42 Å². The zero-order valence-electron chi connectivity index (χ0n) is 9.11. The molecule has 0 bridgehead atoms. The number of ether oxygens (including phenoxy) is 1. The minimum absolute atomic E-state index is 0.0594. The molecule has 3 unspecified atom stereocenters. The van der Waals surface area contributed by atoms with E-state index in [-0.39, 0.29) is 24.7 Å². The van der Waals surface area contributed by atoms with Gasteiger partial charge in [0.25, 0.3) is 0 Å². The summed E-state index contributed by atoms with van der Waals surface area (Å²) >= 11 is 0. The van der Waals surface area contributed by atoms with Crippen LogP contribution in [-0.4, -0.2) is 42.9 Å². The van der Waals surface area contributed by atoms with E-state index in [1.165, 1.54) is 7.11 Å². The van der Waals surface area contributed by atoms with E-state index in [1.54, 1.807) is 0 Å². The Morgan fingerprint density at radius 1 is 1.67 bits per heavy atom. The van der Waals surface area contributed by atoms with Gasteiger partial charge in [-0.15, -0.1) is 0 Å². The second kappa shape index (κ2) is 6.05. The van der Waals surface area contributed by atoms with Crippen LogP contribution in [0, 0.1) is 0 Å². The molecule has 5 heteroatoms. The maximum Gasteiger partial charge on any atom is 0.239 e. The highest BCUT2D eigenvalue weighted by atomic mass is 16.5. The van der Waals surface area contributed by atoms with Gasteiger partial charge >= 0.3 is 0 Å². The highest BCUT2D eigenvalue weighted by molar-refractivity contribution is 5.81. The maximum atomic E-state index is 11.5. The number of aliphatic hydroxyl groups is 1. The van der Waals surface area contributed by atoms with Crippen LogP contribution >= 0.6 is 0 Å². The van der Waals surface area contributed by atoms with E-state index in [4.69, 9.17) is 10.5 Å². The lowest BCUT2D eigenvalue weighted by molar-refractivity contribution is -0.124. The fourth-order valence-electron chi connectivity index (χ4n) is 1.86. The standard InChI is InChI=1S/C10H20N2O3/c1-15-6-9(11)10(14)12-7-3-2-4-8(13)5-7/h7-9,13H,2-6,11H2,1H3,(H,12,14). The summed E-state index contributed by atoms with van der Waals surface area (Å²) in [6.45, 7) is 0.223. The molecule has 15 heavy (non-hydrogen) atoms. The first kappa shape index (κ1) is 12.4. The Kier molecular flexibility index (Phi) is 5.01. The van der Waals surface area contributed by atoms with Crippen LogP contribution in [0.3, 0.4) is 0 Å². The first-order chi connectivity index (χ1) is 7.13. The smallest absolute Gasteiger partial charge is 0.239 e. The topological polar surface area (TPSA) is 84.6 Å². The van der Waals surface area contributed by atoms with Crippen LogP contribution < -0.4 is 11.1 Å². The number of amides is 1. The molecule has 1 aliphatic rings. The lowest BCUT2D eigenvalue weighted by Gasteiger charge is -2.27. The minimum atomic E-state index is -0.617. The third-order valence-electron chi connectivity index (χ3n) is 2.68. The molecule has 0 saturated heterocycles. The molecule has 1 fully saturated rings. The minimum Gasteiger partial charge on any atom is -0.393 e. The molecule has 1 amide bonds. The lowest BCUT2D eigenvalue weighted by atomic mass is 9.93. The fraction of sp³-hybridized carbons (Fsp3) is 0.900. The molecular weight excluding hydrogens is 196 g/mol. The van der Waals surface area contributed by atoms with Crippen molar-refractivity contribution < 1.29 is 14.6 Å². The van der Waals surface area contributed by atoms with Gasteiger partial charge in [-0.25, -0.2) is 0 Å². The molecular formula is C10H20N2O3. The van der Waals surface area contributed by atoms with Crippen LogP contribution in [-0.2, 0) is 9.53 Å². The average Bonchev–Trinajstić information content (AvgIpc) is 2.18. The Hall–Kier alpha value is -0.650. The third kappa shape index (κ3) is 4.15. The van der Waals surface area contributed by atoms with Gasteiger partial charge in [-0.2, -0.15) is 0 Å². The number of hydrogen-bond acceptors (Lipinski definition) is 4. The SMILES string of the molecule is COCC(N)C(=O)NC1CCCC(O)C1. The number of aliphatic hydroxyl groups excluding tert-OH is 1. The quantitative estimate of drug-likeness (QED) is 0.584. The molecule has 1 aliphatic carbocycles. The summed E-state index contributed by atoms with van der Waals surface area (Å²) in [6, 6.07) is -0.557. The van der Waals surface area contributed by atoms with Crippen molar-refractivity contribution >= 4 is 5.91 Å². The van der Waals surface area contributed by atoms with Crippen LogP contribution in [0.1, 0.15) is 25.7 Å². The molecule has 0 aromatic heterocycles. The second-order valence-corrected chi connectivity index (χ2v) is 4.09. The molecule has 0 aromatic carbocycles. The summed E-state index contributed by atoms with van der Waals surface area (Å²) in [5.74, 6) is -0.198. The fourth-order valence-corrected chi connectivity index (χ4v) is 1.86. The molecule has 0 spiro atoms. The molecule has 4 N–H and O–H groups in total. The van der Waals surface area contributed by atoms with Crippen molar-refractivity contribution in [1.82, 2.24) is 5.32 Å². The average molecular weight is 216 g/mol. The maximum absolute atomic E-state index is 11.5.